The van der Waals surface area contributed by atoms with E-state index in [1.807, 2.05) is 38.1 Å². The van der Waals surface area contributed by atoms with Crippen LogP contribution in [0, 0.1) is 5.92 Å². The summed E-state index contributed by atoms with van der Waals surface area (Å²) in [4.78, 5) is 12.4. The van der Waals surface area contributed by atoms with Crippen LogP contribution in [-0.4, -0.2) is 12.6 Å². The second kappa shape index (κ2) is 4.75. The molecule has 3 nitrogen and oxygen atoms in total. The monoisotopic (exact) mass is 249 g/mol. The number of hydrogen-bond acceptors (Lipinski definition) is 4. The summed E-state index contributed by atoms with van der Waals surface area (Å²) in [6, 6.07) is 7.46. The predicted molar refractivity (Wildman–Crippen MR) is 71.4 cm³/mol. The summed E-state index contributed by atoms with van der Waals surface area (Å²) in [6.45, 7) is 4.48. The number of carbonyl (C=O) groups excluding carboxylic acids is 1. The molecule has 0 amide bonds. The second-order valence-corrected chi connectivity index (χ2v) is 5.48. The van der Waals surface area contributed by atoms with Crippen LogP contribution in [0.3, 0.4) is 0 Å². The first-order valence-electron chi connectivity index (χ1n) is 5.52. The molecule has 0 bridgehead atoms. The first-order chi connectivity index (χ1) is 8.06. The molecule has 0 atom stereocenters. The van der Waals surface area contributed by atoms with Gasteiger partial charge in [0.25, 0.3) is 0 Å². The van der Waals surface area contributed by atoms with Crippen molar-refractivity contribution in [3.63, 3.8) is 0 Å². The maximum absolute atomic E-state index is 11.8. The van der Waals surface area contributed by atoms with Crippen LogP contribution in [0.25, 0.3) is 10.1 Å². The zero-order valence-electron chi connectivity index (χ0n) is 9.90. The average Bonchev–Trinajstić information content (AvgIpc) is 2.68. The normalized spacial score (nSPS) is 11.0. The molecule has 0 aliphatic carbocycles. The number of thiophene rings is 1. The lowest BCUT2D eigenvalue weighted by Gasteiger charge is -2.04. The fraction of sp³-hybridized carbons (Fsp3) is 0.308. The number of ether oxygens (including phenoxy) is 1. The Bertz CT molecular complexity index is 545. The first-order valence-corrected chi connectivity index (χ1v) is 6.34. The molecule has 17 heavy (non-hydrogen) atoms. The topological polar surface area (TPSA) is 52.3 Å². The summed E-state index contributed by atoms with van der Waals surface area (Å²) >= 11 is 1.44. The number of esters is 1. The van der Waals surface area contributed by atoms with Crippen molar-refractivity contribution in [3.05, 3.63) is 29.1 Å². The summed E-state index contributed by atoms with van der Waals surface area (Å²) in [7, 11) is 0. The van der Waals surface area contributed by atoms with Crippen LogP contribution >= 0.6 is 11.3 Å². The van der Waals surface area contributed by atoms with E-state index in [4.69, 9.17) is 10.5 Å². The fourth-order valence-electron chi connectivity index (χ4n) is 1.48. The second-order valence-electron chi connectivity index (χ2n) is 4.40. The van der Waals surface area contributed by atoms with Gasteiger partial charge in [0.2, 0.25) is 0 Å². The van der Waals surface area contributed by atoms with Gasteiger partial charge in [-0.1, -0.05) is 13.8 Å². The Labute approximate surface area is 104 Å². The van der Waals surface area contributed by atoms with Crippen molar-refractivity contribution in [1.29, 1.82) is 0 Å². The van der Waals surface area contributed by atoms with Crippen LogP contribution in [0.15, 0.2) is 24.3 Å². The van der Waals surface area contributed by atoms with Crippen LogP contribution in [-0.2, 0) is 4.74 Å². The van der Waals surface area contributed by atoms with Crippen molar-refractivity contribution in [2.45, 2.75) is 13.8 Å². The van der Waals surface area contributed by atoms with E-state index in [2.05, 4.69) is 0 Å². The van der Waals surface area contributed by atoms with Crippen molar-refractivity contribution < 1.29 is 9.53 Å². The Kier molecular flexibility index (Phi) is 3.33. The van der Waals surface area contributed by atoms with Gasteiger partial charge in [0.15, 0.2) is 0 Å². The highest BCUT2D eigenvalue weighted by Gasteiger charge is 2.12. The highest BCUT2D eigenvalue weighted by Crippen LogP contribution is 2.27. The largest absolute Gasteiger partial charge is 0.461 e. The lowest BCUT2D eigenvalue weighted by atomic mass is 10.2. The van der Waals surface area contributed by atoms with Gasteiger partial charge in [-0.05, 0) is 35.6 Å². The smallest absolute Gasteiger partial charge is 0.348 e. The van der Waals surface area contributed by atoms with Gasteiger partial charge in [0.1, 0.15) is 4.88 Å². The molecule has 0 saturated heterocycles. The summed E-state index contributed by atoms with van der Waals surface area (Å²) in [5, 5.41) is 0.992. The molecule has 2 aromatic rings. The number of carbonyl (C=O) groups is 1. The van der Waals surface area contributed by atoms with Gasteiger partial charge in [-0.25, -0.2) is 4.79 Å². The molecule has 0 aliphatic heterocycles. The summed E-state index contributed by atoms with van der Waals surface area (Å²) in [5.41, 5.74) is 6.40. The van der Waals surface area contributed by atoms with Crippen molar-refractivity contribution >= 4 is 33.1 Å². The third-order valence-corrected chi connectivity index (χ3v) is 3.39. The van der Waals surface area contributed by atoms with Crippen LogP contribution in [0.2, 0.25) is 0 Å². The third kappa shape index (κ3) is 2.77. The zero-order valence-corrected chi connectivity index (χ0v) is 10.7. The molecule has 0 radical (unpaired) electrons. The van der Waals surface area contributed by atoms with E-state index in [1.54, 1.807) is 0 Å². The van der Waals surface area contributed by atoms with E-state index in [0.717, 1.165) is 10.1 Å². The number of hydrogen-bond donors (Lipinski definition) is 1. The van der Waals surface area contributed by atoms with Gasteiger partial charge in [-0.3, -0.25) is 0 Å². The number of rotatable bonds is 3. The average molecular weight is 249 g/mol. The molecule has 1 aromatic carbocycles. The maximum atomic E-state index is 11.8. The molecule has 0 spiro atoms. The number of nitrogens with two attached hydrogens (primary N) is 1. The van der Waals surface area contributed by atoms with Gasteiger partial charge in [-0.2, -0.15) is 0 Å². The molecule has 90 valence electrons. The molecule has 0 fully saturated rings. The van der Waals surface area contributed by atoms with Crippen LogP contribution in [0.5, 0.6) is 0 Å². The van der Waals surface area contributed by atoms with Crippen molar-refractivity contribution in [2.24, 2.45) is 5.92 Å². The van der Waals surface area contributed by atoms with Gasteiger partial charge in [0.05, 0.1) is 6.61 Å². The predicted octanol–water partition coefficient (Wildman–Crippen LogP) is 3.30. The van der Waals surface area contributed by atoms with Crippen molar-refractivity contribution in [2.75, 3.05) is 12.3 Å². The Morgan fingerprint density at radius 3 is 2.88 bits per heavy atom. The highest BCUT2D eigenvalue weighted by molar-refractivity contribution is 7.20. The molecule has 0 aliphatic rings. The maximum Gasteiger partial charge on any atom is 0.348 e. The van der Waals surface area contributed by atoms with Crippen molar-refractivity contribution in [3.8, 4) is 0 Å². The van der Waals surface area contributed by atoms with Crippen LogP contribution < -0.4 is 5.73 Å². The first kappa shape index (κ1) is 11.9. The van der Waals surface area contributed by atoms with E-state index < -0.39 is 0 Å². The van der Waals surface area contributed by atoms with E-state index >= 15 is 0 Å². The molecule has 2 N–H and O–H groups in total. The number of anilines is 1. The number of nitrogen functional groups attached to an aromatic ring is 1. The Morgan fingerprint density at radius 1 is 1.41 bits per heavy atom. The molecule has 0 unspecified atom stereocenters. The van der Waals surface area contributed by atoms with Gasteiger partial charge in [-0.15, -0.1) is 11.3 Å². The molecule has 0 saturated carbocycles. The molecule has 1 heterocycles. The molecular weight excluding hydrogens is 234 g/mol. The molecule has 4 heteroatoms. The minimum atomic E-state index is -0.251. The summed E-state index contributed by atoms with van der Waals surface area (Å²) < 4.78 is 6.24. The van der Waals surface area contributed by atoms with E-state index in [1.165, 1.54) is 11.3 Å². The Hall–Kier alpha value is -1.55. The summed E-state index contributed by atoms with van der Waals surface area (Å²) in [5.74, 6) is 0.0995. The van der Waals surface area contributed by atoms with Crippen LogP contribution in [0.1, 0.15) is 23.5 Å². The summed E-state index contributed by atoms with van der Waals surface area (Å²) in [6.07, 6.45) is 0. The highest BCUT2D eigenvalue weighted by atomic mass is 32.1. The SMILES string of the molecule is CC(C)COC(=O)c1cc2cc(N)ccc2s1. The Balaban J connectivity index is 2.21. The Morgan fingerprint density at radius 2 is 2.18 bits per heavy atom. The van der Waals surface area contributed by atoms with E-state index in [0.29, 0.717) is 23.1 Å². The van der Waals surface area contributed by atoms with Crippen molar-refractivity contribution in [1.82, 2.24) is 0 Å². The lowest BCUT2D eigenvalue weighted by Crippen LogP contribution is -2.08. The quantitative estimate of drug-likeness (QED) is 0.670. The molecule has 2 rings (SSSR count). The van der Waals surface area contributed by atoms with Gasteiger partial charge >= 0.3 is 5.97 Å². The van der Waals surface area contributed by atoms with E-state index in [-0.39, 0.29) is 5.97 Å². The third-order valence-electron chi connectivity index (χ3n) is 2.29. The zero-order chi connectivity index (χ0) is 12.4. The van der Waals surface area contributed by atoms with Gasteiger partial charge < -0.3 is 10.5 Å². The number of benzene rings is 1. The van der Waals surface area contributed by atoms with Gasteiger partial charge in [0, 0.05) is 10.4 Å². The minimum Gasteiger partial charge on any atom is -0.461 e. The van der Waals surface area contributed by atoms with Crippen LogP contribution in [0.4, 0.5) is 5.69 Å². The van der Waals surface area contributed by atoms with E-state index in [9.17, 15) is 4.79 Å². The molecular formula is C13H15NO2S. The fourth-order valence-corrected chi connectivity index (χ4v) is 2.41. The lowest BCUT2D eigenvalue weighted by molar-refractivity contribution is 0.0465. The number of fused-ring (bicyclic) bond motifs is 1. The molecule has 1 aromatic heterocycles. The standard InChI is InChI=1S/C13H15NO2S/c1-8(2)7-16-13(15)12-6-9-5-10(14)3-4-11(9)17-12/h3-6,8H,7,14H2,1-2H3. The minimum absolute atomic E-state index is 0.251.